The lowest BCUT2D eigenvalue weighted by Crippen LogP contribution is -2.35. The van der Waals surface area contributed by atoms with Gasteiger partial charge in [-0.1, -0.05) is 60.4 Å². The molecule has 0 radical (unpaired) electrons. The zero-order chi connectivity index (χ0) is 23.0. The summed E-state index contributed by atoms with van der Waals surface area (Å²) in [6.07, 6.45) is 0.943. The van der Waals surface area contributed by atoms with Gasteiger partial charge in [0.1, 0.15) is 0 Å². The Morgan fingerprint density at radius 2 is 1.94 bits per heavy atom. The van der Waals surface area contributed by atoms with Crippen LogP contribution in [0.1, 0.15) is 23.6 Å². The molecular weight excluding hydrogens is 454 g/mol. The molecular formula is C24H29N5O2S2. The number of ether oxygens (including phenoxy) is 1. The third-order valence-corrected chi connectivity index (χ3v) is 7.42. The number of amides is 1. The van der Waals surface area contributed by atoms with Crippen LogP contribution in [-0.4, -0.2) is 53.1 Å². The van der Waals surface area contributed by atoms with Gasteiger partial charge in [-0.05, 0) is 42.2 Å². The number of hydrogen-bond donors (Lipinski definition) is 2. The number of benzene rings is 2. The van der Waals surface area contributed by atoms with Crippen molar-refractivity contribution < 1.29 is 9.53 Å². The molecule has 7 nitrogen and oxygen atoms in total. The van der Waals surface area contributed by atoms with Crippen LogP contribution in [-0.2, 0) is 22.5 Å². The molecule has 33 heavy (non-hydrogen) atoms. The minimum absolute atomic E-state index is 0.0576. The van der Waals surface area contributed by atoms with E-state index in [9.17, 15) is 4.79 Å². The van der Waals surface area contributed by atoms with Crippen molar-refractivity contribution in [2.75, 3.05) is 42.7 Å². The summed E-state index contributed by atoms with van der Waals surface area (Å²) in [5.74, 6) is 0.229. The van der Waals surface area contributed by atoms with E-state index < -0.39 is 0 Å². The van der Waals surface area contributed by atoms with Crippen molar-refractivity contribution in [2.24, 2.45) is 0 Å². The van der Waals surface area contributed by atoms with Crippen LogP contribution in [0.4, 0.5) is 16.5 Å². The molecule has 1 fully saturated rings. The predicted molar refractivity (Wildman–Crippen MR) is 136 cm³/mol. The molecule has 0 bridgehead atoms. The quantitative estimate of drug-likeness (QED) is 0.427. The number of hydrogen-bond acceptors (Lipinski definition) is 8. The van der Waals surface area contributed by atoms with Crippen LogP contribution in [0.15, 0.2) is 46.8 Å². The van der Waals surface area contributed by atoms with Crippen LogP contribution >= 0.6 is 23.1 Å². The van der Waals surface area contributed by atoms with Gasteiger partial charge in [0.05, 0.1) is 19.0 Å². The molecule has 9 heteroatoms. The Morgan fingerprint density at radius 3 is 2.70 bits per heavy atom. The van der Waals surface area contributed by atoms with Gasteiger partial charge in [-0.3, -0.25) is 9.69 Å². The van der Waals surface area contributed by atoms with E-state index in [1.54, 1.807) is 0 Å². The van der Waals surface area contributed by atoms with Crippen LogP contribution in [0.25, 0.3) is 0 Å². The number of para-hydroxylation sites is 1. The maximum Gasteiger partial charge on any atom is 0.234 e. The van der Waals surface area contributed by atoms with Crippen molar-refractivity contribution >= 4 is 45.5 Å². The molecule has 1 saturated heterocycles. The van der Waals surface area contributed by atoms with Gasteiger partial charge in [0.25, 0.3) is 0 Å². The van der Waals surface area contributed by atoms with Crippen molar-refractivity contribution in [1.29, 1.82) is 0 Å². The zero-order valence-corrected chi connectivity index (χ0v) is 20.6. The van der Waals surface area contributed by atoms with Gasteiger partial charge in [-0.15, -0.1) is 10.2 Å². The first-order valence-electron chi connectivity index (χ1n) is 11.1. The Bertz CT molecular complexity index is 1060. The maximum absolute atomic E-state index is 12.4. The molecule has 2 N–H and O–H groups in total. The van der Waals surface area contributed by atoms with Crippen molar-refractivity contribution in [3.63, 3.8) is 0 Å². The second-order valence-corrected chi connectivity index (χ2v) is 10.1. The van der Waals surface area contributed by atoms with Crippen LogP contribution in [0, 0.1) is 6.92 Å². The number of anilines is 3. The molecule has 1 aliphatic rings. The molecule has 174 valence electrons. The fourth-order valence-electron chi connectivity index (χ4n) is 3.66. The molecule has 3 aromatic rings. The van der Waals surface area contributed by atoms with E-state index in [0.29, 0.717) is 0 Å². The van der Waals surface area contributed by atoms with Crippen LogP contribution in [0.5, 0.6) is 0 Å². The van der Waals surface area contributed by atoms with Crippen molar-refractivity contribution in [1.82, 2.24) is 15.1 Å². The fraction of sp³-hybridized carbons (Fsp3) is 0.375. The number of thioether (sulfide) groups is 1. The van der Waals surface area contributed by atoms with Gasteiger partial charge in [0.15, 0.2) is 4.34 Å². The van der Waals surface area contributed by atoms with Crippen molar-refractivity contribution in [3.8, 4) is 0 Å². The first-order chi connectivity index (χ1) is 16.1. The molecule has 1 amide bonds. The third kappa shape index (κ3) is 6.77. The van der Waals surface area contributed by atoms with E-state index in [-0.39, 0.29) is 11.7 Å². The number of morpholine rings is 1. The molecule has 2 heterocycles. The third-order valence-electron chi connectivity index (χ3n) is 5.45. The largest absolute Gasteiger partial charge is 0.379 e. The minimum Gasteiger partial charge on any atom is -0.379 e. The number of carbonyl (C=O) groups is 1. The summed E-state index contributed by atoms with van der Waals surface area (Å²) in [6, 6.07) is 14.3. The number of carbonyl (C=O) groups excluding carboxylic acids is 1. The van der Waals surface area contributed by atoms with Crippen LogP contribution in [0.3, 0.4) is 0 Å². The topological polar surface area (TPSA) is 79.4 Å². The SMILES string of the molecule is CCc1cccc(C)c1Nc1nnc(SCC(=O)Nc2ccc(CN3CCOCC3)cc2)s1. The lowest BCUT2D eigenvalue weighted by molar-refractivity contribution is -0.113. The zero-order valence-electron chi connectivity index (χ0n) is 19.0. The lowest BCUT2D eigenvalue weighted by Gasteiger charge is -2.26. The number of nitrogens with one attached hydrogen (secondary N) is 2. The molecule has 0 atom stereocenters. The summed E-state index contributed by atoms with van der Waals surface area (Å²) in [6.45, 7) is 8.64. The molecule has 4 rings (SSSR count). The maximum atomic E-state index is 12.4. The first kappa shape index (κ1) is 23.7. The monoisotopic (exact) mass is 483 g/mol. The van der Waals surface area contributed by atoms with E-state index in [4.69, 9.17) is 4.74 Å². The highest BCUT2D eigenvalue weighted by Crippen LogP contribution is 2.30. The summed E-state index contributed by atoms with van der Waals surface area (Å²) in [5, 5.41) is 15.5. The van der Waals surface area contributed by atoms with Crippen molar-refractivity contribution in [2.45, 2.75) is 31.2 Å². The predicted octanol–water partition coefficient (Wildman–Crippen LogP) is 4.72. The van der Waals surface area contributed by atoms with E-state index in [1.165, 1.54) is 39.8 Å². The van der Waals surface area contributed by atoms with Gasteiger partial charge < -0.3 is 15.4 Å². The van der Waals surface area contributed by atoms with Crippen molar-refractivity contribution in [3.05, 3.63) is 59.2 Å². The summed E-state index contributed by atoms with van der Waals surface area (Å²) in [7, 11) is 0. The van der Waals surface area contributed by atoms with E-state index in [2.05, 4.69) is 69.9 Å². The summed E-state index contributed by atoms with van der Waals surface area (Å²) >= 11 is 2.85. The second-order valence-electron chi connectivity index (χ2n) is 7.88. The lowest BCUT2D eigenvalue weighted by atomic mass is 10.1. The van der Waals surface area contributed by atoms with Crippen LogP contribution < -0.4 is 10.6 Å². The normalized spacial score (nSPS) is 14.2. The molecule has 0 unspecified atom stereocenters. The average molecular weight is 484 g/mol. The molecule has 0 saturated carbocycles. The number of rotatable bonds is 9. The van der Waals surface area contributed by atoms with Gasteiger partial charge in [-0.25, -0.2) is 0 Å². The van der Waals surface area contributed by atoms with E-state index in [1.807, 2.05) is 12.1 Å². The Hall–Kier alpha value is -2.46. The summed E-state index contributed by atoms with van der Waals surface area (Å²) in [5.41, 5.74) is 5.54. The van der Waals surface area contributed by atoms with Crippen LogP contribution in [0.2, 0.25) is 0 Å². The summed E-state index contributed by atoms with van der Waals surface area (Å²) in [4.78, 5) is 14.8. The van der Waals surface area contributed by atoms with E-state index >= 15 is 0 Å². The molecule has 1 aliphatic heterocycles. The standard InChI is InChI=1S/C24H29N5O2S2/c1-3-19-6-4-5-17(2)22(19)26-23-27-28-24(33-23)32-16-21(30)25-20-9-7-18(8-10-20)15-29-11-13-31-14-12-29/h4-10H,3,11-16H2,1-2H3,(H,25,30)(H,26,27). The van der Waals surface area contributed by atoms with E-state index in [0.717, 1.165) is 60.1 Å². The highest BCUT2D eigenvalue weighted by molar-refractivity contribution is 8.01. The fourth-order valence-corrected chi connectivity index (χ4v) is 5.22. The highest BCUT2D eigenvalue weighted by Gasteiger charge is 2.12. The van der Waals surface area contributed by atoms with Gasteiger partial charge in [0.2, 0.25) is 11.0 Å². The van der Waals surface area contributed by atoms with Gasteiger partial charge in [0, 0.05) is 31.0 Å². The molecule has 0 spiro atoms. The molecule has 0 aliphatic carbocycles. The molecule has 2 aromatic carbocycles. The summed E-state index contributed by atoms with van der Waals surface area (Å²) < 4.78 is 6.16. The smallest absolute Gasteiger partial charge is 0.234 e. The minimum atomic E-state index is -0.0576. The second kappa shape index (κ2) is 11.6. The Kier molecular flexibility index (Phi) is 8.33. The molecule has 1 aromatic heterocycles. The Morgan fingerprint density at radius 1 is 1.15 bits per heavy atom. The first-order valence-corrected chi connectivity index (χ1v) is 12.9. The Balaban J connectivity index is 1.25. The Labute approximate surface area is 202 Å². The van der Waals surface area contributed by atoms with Gasteiger partial charge >= 0.3 is 0 Å². The number of aromatic nitrogens is 2. The number of aryl methyl sites for hydroxylation is 2. The highest BCUT2D eigenvalue weighted by atomic mass is 32.2. The van der Waals surface area contributed by atoms with Gasteiger partial charge in [-0.2, -0.15) is 0 Å². The number of nitrogens with zero attached hydrogens (tertiary/aromatic N) is 3. The average Bonchev–Trinajstić information content (AvgIpc) is 3.28.